The molecule has 6 nitrogen and oxygen atoms in total. The minimum atomic E-state index is -0.203. The van der Waals surface area contributed by atoms with Gasteiger partial charge in [0, 0.05) is 48.7 Å². The van der Waals surface area contributed by atoms with E-state index in [1.54, 1.807) is 24.3 Å². The molecule has 2 amide bonds. The van der Waals surface area contributed by atoms with Crippen molar-refractivity contribution in [3.8, 4) is 5.75 Å². The number of hydrogen-bond donors (Lipinski definition) is 2. The molecule has 0 bridgehead atoms. The Hall–Kier alpha value is -3.80. The Morgan fingerprint density at radius 1 is 0.733 bits per heavy atom. The number of aromatic hydroxyl groups is 1. The lowest BCUT2D eigenvalue weighted by Gasteiger charge is -2.36. The van der Waals surface area contributed by atoms with Crippen LogP contribution in [0.3, 0.4) is 0 Å². The Morgan fingerprint density at radius 3 is 2.00 bits per heavy atom. The van der Waals surface area contributed by atoms with E-state index in [-0.39, 0.29) is 17.6 Å². The van der Waals surface area contributed by atoms with Crippen LogP contribution in [-0.4, -0.2) is 48.0 Å². The summed E-state index contributed by atoms with van der Waals surface area (Å²) in [6.07, 6.45) is 0. The fraction of sp³-hybridized carbons (Fsp3) is 0.167. The van der Waals surface area contributed by atoms with Crippen LogP contribution in [-0.2, 0) is 0 Å². The molecule has 6 heteroatoms. The second-order valence-corrected chi connectivity index (χ2v) is 7.19. The van der Waals surface area contributed by atoms with Crippen LogP contribution in [0.25, 0.3) is 0 Å². The Kier molecular flexibility index (Phi) is 5.66. The van der Waals surface area contributed by atoms with Crippen LogP contribution in [0.5, 0.6) is 5.75 Å². The van der Waals surface area contributed by atoms with Crippen molar-refractivity contribution in [1.82, 2.24) is 4.90 Å². The van der Waals surface area contributed by atoms with Gasteiger partial charge in [0.25, 0.3) is 11.8 Å². The number of phenolic OH excluding ortho intramolecular Hbond substituents is 1. The summed E-state index contributed by atoms with van der Waals surface area (Å²) in [4.78, 5) is 29.1. The molecule has 1 heterocycles. The van der Waals surface area contributed by atoms with Crippen molar-refractivity contribution in [3.63, 3.8) is 0 Å². The fourth-order valence-electron chi connectivity index (χ4n) is 3.50. The molecular formula is C24H23N3O3. The van der Waals surface area contributed by atoms with E-state index in [4.69, 9.17) is 0 Å². The summed E-state index contributed by atoms with van der Waals surface area (Å²) in [6, 6.07) is 23.2. The lowest BCUT2D eigenvalue weighted by Crippen LogP contribution is -2.48. The van der Waals surface area contributed by atoms with Gasteiger partial charge in [-0.3, -0.25) is 9.59 Å². The van der Waals surface area contributed by atoms with Crippen molar-refractivity contribution in [3.05, 3.63) is 90.0 Å². The molecule has 0 aromatic heterocycles. The van der Waals surface area contributed by atoms with Crippen LogP contribution < -0.4 is 10.2 Å². The first-order chi connectivity index (χ1) is 14.6. The van der Waals surface area contributed by atoms with Gasteiger partial charge in [-0.1, -0.05) is 18.2 Å². The molecule has 1 aliphatic rings. The van der Waals surface area contributed by atoms with E-state index in [2.05, 4.69) is 10.2 Å². The third kappa shape index (κ3) is 4.43. The van der Waals surface area contributed by atoms with Crippen molar-refractivity contribution in [2.45, 2.75) is 0 Å². The Balaban J connectivity index is 1.34. The molecule has 0 radical (unpaired) electrons. The van der Waals surface area contributed by atoms with E-state index in [0.29, 0.717) is 24.3 Å². The number of piperazine rings is 1. The van der Waals surface area contributed by atoms with Gasteiger partial charge in [0.15, 0.2) is 0 Å². The third-order valence-corrected chi connectivity index (χ3v) is 5.21. The summed E-state index contributed by atoms with van der Waals surface area (Å²) < 4.78 is 0. The molecular weight excluding hydrogens is 378 g/mol. The number of nitrogens with zero attached hydrogens (tertiary/aromatic N) is 2. The van der Waals surface area contributed by atoms with Crippen LogP contribution in [0, 0.1) is 0 Å². The average molecular weight is 401 g/mol. The van der Waals surface area contributed by atoms with E-state index >= 15 is 0 Å². The number of benzene rings is 3. The minimum Gasteiger partial charge on any atom is -0.508 e. The number of phenols is 1. The fourth-order valence-corrected chi connectivity index (χ4v) is 3.50. The quantitative estimate of drug-likeness (QED) is 0.655. The number of nitrogens with one attached hydrogen (secondary N) is 1. The zero-order chi connectivity index (χ0) is 20.9. The van der Waals surface area contributed by atoms with Gasteiger partial charge in [-0.15, -0.1) is 0 Å². The van der Waals surface area contributed by atoms with Gasteiger partial charge in [0.2, 0.25) is 0 Å². The summed E-state index contributed by atoms with van der Waals surface area (Å²) in [7, 11) is 0. The average Bonchev–Trinajstić information content (AvgIpc) is 2.81. The van der Waals surface area contributed by atoms with Gasteiger partial charge in [-0.2, -0.15) is 0 Å². The first-order valence-electron chi connectivity index (χ1n) is 9.90. The summed E-state index contributed by atoms with van der Waals surface area (Å²) in [5, 5.41) is 12.1. The topological polar surface area (TPSA) is 72.9 Å². The Bertz CT molecular complexity index is 1010. The SMILES string of the molecule is O=C(Nc1ccc(O)cc1)c1ccc(N2CCN(C(=O)c3ccccc3)CC2)cc1. The molecule has 0 unspecified atom stereocenters. The standard InChI is InChI=1S/C24H23N3O3/c28-22-12-8-20(9-13-22)25-23(29)18-6-10-21(11-7-18)26-14-16-27(17-15-26)24(30)19-4-2-1-3-5-19/h1-13,28H,14-17H2,(H,25,29). The summed E-state index contributed by atoms with van der Waals surface area (Å²) in [5.74, 6) is 0.0185. The van der Waals surface area contributed by atoms with Crippen molar-refractivity contribution in [1.29, 1.82) is 0 Å². The second-order valence-electron chi connectivity index (χ2n) is 7.19. The summed E-state index contributed by atoms with van der Waals surface area (Å²) in [5.41, 5.74) is 2.93. The number of carbonyl (C=O) groups is 2. The molecule has 0 aliphatic carbocycles. The monoisotopic (exact) mass is 401 g/mol. The molecule has 2 N–H and O–H groups in total. The van der Waals surface area contributed by atoms with Crippen molar-refractivity contribution < 1.29 is 14.7 Å². The van der Waals surface area contributed by atoms with Gasteiger partial charge in [0.1, 0.15) is 5.75 Å². The maximum atomic E-state index is 12.6. The van der Waals surface area contributed by atoms with E-state index < -0.39 is 0 Å². The van der Waals surface area contributed by atoms with Crippen LogP contribution in [0.4, 0.5) is 11.4 Å². The number of amides is 2. The van der Waals surface area contributed by atoms with Gasteiger partial charge in [0.05, 0.1) is 0 Å². The zero-order valence-corrected chi connectivity index (χ0v) is 16.5. The van der Waals surface area contributed by atoms with Gasteiger partial charge in [-0.25, -0.2) is 0 Å². The molecule has 152 valence electrons. The zero-order valence-electron chi connectivity index (χ0n) is 16.5. The molecule has 0 saturated carbocycles. The Morgan fingerprint density at radius 2 is 1.37 bits per heavy atom. The predicted molar refractivity (Wildman–Crippen MR) is 117 cm³/mol. The maximum absolute atomic E-state index is 12.6. The molecule has 3 aromatic carbocycles. The number of anilines is 2. The lowest BCUT2D eigenvalue weighted by atomic mass is 10.1. The van der Waals surface area contributed by atoms with Crippen LogP contribution >= 0.6 is 0 Å². The largest absolute Gasteiger partial charge is 0.508 e. The molecule has 3 aromatic rings. The highest BCUT2D eigenvalue weighted by molar-refractivity contribution is 6.04. The van der Waals surface area contributed by atoms with E-state index in [0.717, 1.165) is 24.3 Å². The molecule has 1 aliphatic heterocycles. The summed E-state index contributed by atoms with van der Waals surface area (Å²) >= 11 is 0. The molecule has 30 heavy (non-hydrogen) atoms. The lowest BCUT2D eigenvalue weighted by molar-refractivity contribution is 0.0746. The molecule has 0 atom stereocenters. The summed E-state index contributed by atoms with van der Waals surface area (Å²) in [6.45, 7) is 2.82. The number of hydrogen-bond acceptors (Lipinski definition) is 4. The van der Waals surface area contributed by atoms with Crippen molar-refractivity contribution >= 4 is 23.2 Å². The highest BCUT2D eigenvalue weighted by atomic mass is 16.3. The van der Waals surface area contributed by atoms with Crippen LogP contribution in [0.2, 0.25) is 0 Å². The van der Waals surface area contributed by atoms with Crippen molar-refractivity contribution in [2.24, 2.45) is 0 Å². The maximum Gasteiger partial charge on any atom is 0.255 e. The first-order valence-corrected chi connectivity index (χ1v) is 9.90. The molecule has 1 fully saturated rings. The van der Waals surface area contributed by atoms with E-state index in [1.165, 1.54) is 12.1 Å². The van der Waals surface area contributed by atoms with Crippen LogP contribution in [0.15, 0.2) is 78.9 Å². The highest BCUT2D eigenvalue weighted by Crippen LogP contribution is 2.20. The minimum absolute atomic E-state index is 0.0662. The van der Waals surface area contributed by atoms with E-state index in [1.807, 2.05) is 47.4 Å². The third-order valence-electron chi connectivity index (χ3n) is 5.21. The normalized spacial score (nSPS) is 13.7. The van der Waals surface area contributed by atoms with E-state index in [9.17, 15) is 14.7 Å². The Labute approximate surface area is 175 Å². The van der Waals surface area contributed by atoms with Crippen LogP contribution in [0.1, 0.15) is 20.7 Å². The van der Waals surface area contributed by atoms with Crippen molar-refractivity contribution in [2.75, 3.05) is 36.4 Å². The highest BCUT2D eigenvalue weighted by Gasteiger charge is 2.22. The number of carbonyl (C=O) groups excluding carboxylic acids is 2. The van der Waals surface area contributed by atoms with Gasteiger partial charge >= 0.3 is 0 Å². The van der Waals surface area contributed by atoms with Gasteiger partial charge in [-0.05, 0) is 60.7 Å². The molecule has 0 spiro atoms. The number of rotatable bonds is 4. The molecule has 4 rings (SSSR count). The van der Waals surface area contributed by atoms with Gasteiger partial charge < -0.3 is 20.2 Å². The molecule has 1 saturated heterocycles. The smallest absolute Gasteiger partial charge is 0.255 e. The second kappa shape index (κ2) is 8.69. The predicted octanol–water partition coefficient (Wildman–Crippen LogP) is 3.61. The first kappa shape index (κ1) is 19.5.